The Bertz CT molecular complexity index is 1610. The highest BCUT2D eigenvalue weighted by Crippen LogP contribution is 2.62. The lowest BCUT2D eigenvalue weighted by atomic mass is 9.72. The summed E-state index contributed by atoms with van der Waals surface area (Å²) in [6.45, 7) is 30.8. The highest BCUT2D eigenvalue weighted by atomic mass is 28.3. The predicted octanol–water partition coefficient (Wildman–Crippen LogP) is 8.96. The summed E-state index contributed by atoms with van der Waals surface area (Å²) in [6, 6.07) is 14.6. The van der Waals surface area contributed by atoms with Gasteiger partial charge in [0.2, 0.25) is 0 Å². The Morgan fingerprint density at radius 3 is 2.31 bits per heavy atom. The second-order valence-corrected chi connectivity index (χ2v) is 20.5. The van der Waals surface area contributed by atoms with Crippen molar-refractivity contribution in [3.63, 3.8) is 0 Å². The van der Waals surface area contributed by atoms with Crippen LogP contribution in [-0.4, -0.2) is 14.7 Å². The van der Waals surface area contributed by atoms with E-state index in [1.807, 2.05) is 6.08 Å². The van der Waals surface area contributed by atoms with Gasteiger partial charge >= 0.3 is 0 Å². The van der Waals surface area contributed by atoms with Crippen molar-refractivity contribution in [2.75, 3.05) is 6.61 Å². The number of hydrogen-bond acceptors (Lipinski definition) is 1. The molecule has 3 aliphatic carbocycles. The number of fused-ring (bicyclic) bond motifs is 3. The van der Waals surface area contributed by atoms with Gasteiger partial charge in [-0.05, 0) is 86.6 Å². The van der Waals surface area contributed by atoms with E-state index in [1.165, 1.54) is 57.2 Å². The molecule has 0 fully saturated rings. The van der Waals surface area contributed by atoms with Gasteiger partial charge in [-0.1, -0.05) is 135 Å². The minimum atomic E-state index is -2.22. The van der Waals surface area contributed by atoms with Gasteiger partial charge in [0, 0.05) is 11.0 Å². The fourth-order valence-corrected chi connectivity index (χ4v) is 13.8. The average Bonchev–Trinajstić information content (AvgIpc) is 3.23. The number of benzene rings is 2. The van der Waals surface area contributed by atoms with Crippen molar-refractivity contribution in [3.05, 3.63) is 92.9 Å². The molecule has 1 atom stereocenters. The minimum Gasteiger partial charge on any atom is -0.489 e. The van der Waals surface area contributed by atoms with Crippen molar-refractivity contribution >= 4 is 24.9 Å². The zero-order chi connectivity index (χ0) is 30.8. The molecule has 0 bridgehead atoms. The molecule has 0 amide bonds. The maximum Gasteiger partial charge on any atom is 0.121 e. The first-order valence-electron chi connectivity index (χ1n) is 16.3. The Balaban J connectivity index is 1.94. The highest BCUT2D eigenvalue weighted by molar-refractivity contribution is 6.95. The van der Waals surface area contributed by atoms with Crippen molar-refractivity contribution in [2.24, 2.45) is 10.8 Å². The van der Waals surface area contributed by atoms with Gasteiger partial charge in [0.25, 0.3) is 0 Å². The van der Waals surface area contributed by atoms with E-state index in [0.717, 1.165) is 5.75 Å². The topological polar surface area (TPSA) is 9.23 Å². The van der Waals surface area contributed by atoms with Crippen molar-refractivity contribution in [2.45, 2.75) is 112 Å². The maximum absolute atomic E-state index is 6.59. The van der Waals surface area contributed by atoms with Gasteiger partial charge in [-0.3, -0.25) is 0 Å². The average molecular weight is 579 g/mol. The largest absolute Gasteiger partial charge is 0.489 e. The van der Waals surface area contributed by atoms with Gasteiger partial charge in [-0.15, -0.1) is 0 Å². The molecule has 0 N–H and O–H groups in total. The van der Waals surface area contributed by atoms with Crippen LogP contribution < -0.4 is 20.4 Å². The van der Waals surface area contributed by atoms with E-state index >= 15 is 0 Å². The second-order valence-electron chi connectivity index (χ2n) is 15.6. The summed E-state index contributed by atoms with van der Waals surface area (Å²) in [4.78, 5) is 0. The second kappa shape index (κ2) is 10.5. The molecule has 0 radical (unpaired) electrons. The van der Waals surface area contributed by atoms with E-state index in [0.29, 0.717) is 12.1 Å². The molecular formula is C40H54OSi. The van der Waals surface area contributed by atoms with Crippen LogP contribution in [0, 0.1) is 24.7 Å². The highest BCUT2D eigenvalue weighted by Gasteiger charge is 2.54. The Morgan fingerprint density at radius 2 is 1.69 bits per heavy atom. The van der Waals surface area contributed by atoms with Crippen LogP contribution in [0.25, 0.3) is 11.6 Å². The summed E-state index contributed by atoms with van der Waals surface area (Å²) in [5, 5.41) is 4.41. The summed E-state index contributed by atoms with van der Waals surface area (Å²) in [7, 11) is -2.22. The van der Waals surface area contributed by atoms with Crippen molar-refractivity contribution < 1.29 is 4.74 Å². The summed E-state index contributed by atoms with van der Waals surface area (Å²) >= 11 is 0. The lowest BCUT2D eigenvalue weighted by Gasteiger charge is -2.42. The van der Waals surface area contributed by atoms with Gasteiger partial charge in [0.05, 0.1) is 0 Å². The Labute approximate surface area is 257 Å². The fraction of sp³-hybridized carbons (Fsp3) is 0.500. The molecule has 0 spiro atoms. The zero-order valence-electron chi connectivity index (χ0n) is 28.3. The number of hydrogen-bond donors (Lipinski definition) is 0. The number of aryl methyl sites for hydroxylation is 2. The molecule has 0 aromatic heterocycles. The zero-order valence-corrected chi connectivity index (χ0v) is 29.3. The molecule has 1 nitrogen and oxygen atoms in total. The van der Waals surface area contributed by atoms with E-state index in [9.17, 15) is 0 Å². The summed E-state index contributed by atoms with van der Waals surface area (Å²) in [5.74, 6) is 1.12. The summed E-state index contributed by atoms with van der Waals surface area (Å²) in [6.07, 6.45) is 9.56. The van der Waals surface area contributed by atoms with Crippen LogP contribution in [0.5, 0.6) is 5.75 Å². The summed E-state index contributed by atoms with van der Waals surface area (Å²) < 4.78 is 6.59. The molecule has 0 aliphatic heterocycles. The van der Waals surface area contributed by atoms with Gasteiger partial charge < -0.3 is 4.74 Å². The van der Waals surface area contributed by atoms with Gasteiger partial charge in [0.1, 0.15) is 20.4 Å². The van der Waals surface area contributed by atoms with Crippen molar-refractivity contribution in [1.29, 1.82) is 0 Å². The van der Waals surface area contributed by atoms with Crippen LogP contribution >= 0.6 is 0 Å². The quantitative estimate of drug-likeness (QED) is 0.235. The third kappa shape index (κ3) is 4.92. The maximum atomic E-state index is 6.59. The van der Waals surface area contributed by atoms with Crippen LogP contribution in [0.15, 0.2) is 65.8 Å². The Kier molecular flexibility index (Phi) is 7.75. The van der Waals surface area contributed by atoms with E-state index in [-0.39, 0.29) is 16.2 Å². The van der Waals surface area contributed by atoms with Crippen LogP contribution in [0.2, 0.25) is 17.6 Å². The SMILES string of the molecule is C=CCOc1c(C)cc(C)cc1[Si](CC)(CC)C1C2=CC(C)(C)CCC2=C2C1=c1ccc(C(C)(C)C)cc1=CC2(C)C. The number of rotatable bonds is 7. The van der Waals surface area contributed by atoms with E-state index in [4.69, 9.17) is 4.74 Å². The van der Waals surface area contributed by atoms with Crippen LogP contribution in [0.3, 0.4) is 0 Å². The number of ether oxygens (including phenoxy) is 1. The smallest absolute Gasteiger partial charge is 0.121 e. The Morgan fingerprint density at radius 1 is 1.00 bits per heavy atom. The van der Waals surface area contributed by atoms with E-state index in [1.54, 1.807) is 22.3 Å². The molecule has 2 aromatic rings. The molecule has 3 aliphatic rings. The van der Waals surface area contributed by atoms with Gasteiger partial charge in [-0.25, -0.2) is 0 Å². The molecular weight excluding hydrogens is 525 g/mol. The van der Waals surface area contributed by atoms with Crippen molar-refractivity contribution in [3.8, 4) is 5.75 Å². The van der Waals surface area contributed by atoms with Crippen LogP contribution in [0.4, 0.5) is 0 Å². The first kappa shape index (κ1) is 30.9. The summed E-state index contributed by atoms with van der Waals surface area (Å²) in [5.41, 5.74) is 11.3. The monoisotopic (exact) mass is 578 g/mol. The molecule has 2 aromatic carbocycles. The molecule has 0 saturated carbocycles. The van der Waals surface area contributed by atoms with Crippen molar-refractivity contribution in [1.82, 2.24) is 0 Å². The molecule has 42 heavy (non-hydrogen) atoms. The third-order valence-electron chi connectivity index (χ3n) is 10.6. The third-order valence-corrected chi connectivity index (χ3v) is 16.2. The molecule has 1 unspecified atom stereocenters. The van der Waals surface area contributed by atoms with E-state index < -0.39 is 8.07 Å². The van der Waals surface area contributed by atoms with Crippen LogP contribution in [0.1, 0.15) is 91.8 Å². The first-order chi connectivity index (χ1) is 19.6. The van der Waals surface area contributed by atoms with Crippen LogP contribution in [-0.2, 0) is 5.41 Å². The first-order valence-corrected chi connectivity index (χ1v) is 18.8. The van der Waals surface area contributed by atoms with Gasteiger partial charge in [-0.2, -0.15) is 0 Å². The van der Waals surface area contributed by atoms with Gasteiger partial charge in [0.15, 0.2) is 0 Å². The standard InChI is InChI=1S/C40H54OSi/c1-13-20-41-36-27(5)21-26(4)22-33(36)42(14-2,15-3)37-32-25-39(9,10)19-18-31(32)35-34(37)30-17-16-29(38(6,7)8)23-28(30)24-40(35,11)12/h13,16-17,21-25,37H,1,14-15,18-20H2,2-12H3. The molecule has 0 saturated heterocycles. The minimum absolute atomic E-state index is 0.0180. The predicted molar refractivity (Wildman–Crippen MR) is 186 cm³/mol. The molecule has 2 heteroatoms. The number of allylic oxidation sites excluding steroid dienone is 4. The lowest BCUT2D eigenvalue weighted by molar-refractivity contribution is 0.363. The molecule has 0 heterocycles. The normalized spacial score (nSPS) is 20.8. The molecule has 224 valence electrons. The Hall–Kier alpha value is -2.58. The fourth-order valence-electron chi connectivity index (χ4n) is 8.47. The lowest BCUT2D eigenvalue weighted by Crippen LogP contribution is -2.53. The molecule has 5 rings (SSSR count). The van der Waals surface area contributed by atoms with E-state index in [2.05, 4.69) is 125 Å².